The summed E-state index contributed by atoms with van der Waals surface area (Å²) in [6.07, 6.45) is 4.01. The first-order valence-corrected chi connectivity index (χ1v) is 6.88. The van der Waals surface area contributed by atoms with E-state index >= 15 is 0 Å². The van der Waals surface area contributed by atoms with Gasteiger partial charge in [-0.15, -0.1) is 0 Å². The van der Waals surface area contributed by atoms with Gasteiger partial charge in [0.1, 0.15) is 5.54 Å². The van der Waals surface area contributed by atoms with Crippen LogP contribution in [0, 0.1) is 17.8 Å². The van der Waals surface area contributed by atoms with Crippen molar-refractivity contribution in [1.82, 2.24) is 5.32 Å². The van der Waals surface area contributed by atoms with E-state index < -0.39 is 11.5 Å². The molecule has 0 radical (unpaired) electrons. The molecular formula is C14H27NO2. The Hall–Kier alpha value is -0.570. The quantitative estimate of drug-likeness (QED) is 0.778. The molecule has 0 heterocycles. The highest BCUT2D eigenvalue weighted by Crippen LogP contribution is 2.38. The summed E-state index contributed by atoms with van der Waals surface area (Å²) >= 11 is 0. The zero-order chi connectivity index (χ0) is 13.1. The monoisotopic (exact) mass is 241 g/mol. The zero-order valence-corrected chi connectivity index (χ0v) is 11.6. The molecule has 2 N–H and O–H groups in total. The summed E-state index contributed by atoms with van der Waals surface area (Å²) in [4.78, 5) is 11.7. The van der Waals surface area contributed by atoms with Gasteiger partial charge in [0, 0.05) is 0 Å². The molecule has 0 amide bonds. The molecule has 0 aliphatic heterocycles. The topological polar surface area (TPSA) is 49.3 Å². The Morgan fingerprint density at radius 1 is 1.35 bits per heavy atom. The smallest absolute Gasteiger partial charge is 0.324 e. The number of hydrogen-bond donors (Lipinski definition) is 2. The van der Waals surface area contributed by atoms with Gasteiger partial charge in [0.15, 0.2) is 0 Å². The molecule has 2 unspecified atom stereocenters. The summed E-state index contributed by atoms with van der Waals surface area (Å²) in [6.45, 7) is 9.32. The van der Waals surface area contributed by atoms with Crippen molar-refractivity contribution >= 4 is 5.97 Å². The second-order valence-electron chi connectivity index (χ2n) is 6.15. The minimum absolute atomic E-state index is 0.257. The van der Waals surface area contributed by atoms with Gasteiger partial charge >= 0.3 is 5.97 Å². The Labute approximate surface area is 105 Å². The highest BCUT2D eigenvalue weighted by atomic mass is 16.4. The van der Waals surface area contributed by atoms with Crippen molar-refractivity contribution in [3.8, 4) is 0 Å². The summed E-state index contributed by atoms with van der Waals surface area (Å²) in [5.74, 6) is 0.510. The van der Waals surface area contributed by atoms with Crippen LogP contribution in [0.15, 0.2) is 0 Å². The lowest BCUT2D eigenvalue weighted by atomic mass is 9.67. The molecule has 0 aromatic carbocycles. The summed E-state index contributed by atoms with van der Waals surface area (Å²) < 4.78 is 0. The first-order chi connectivity index (χ1) is 7.90. The first kappa shape index (κ1) is 14.5. The van der Waals surface area contributed by atoms with Gasteiger partial charge in [-0.25, -0.2) is 0 Å². The van der Waals surface area contributed by atoms with Gasteiger partial charge in [-0.2, -0.15) is 0 Å². The molecule has 1 rings (SSSR count). The maximum absolute atomic E-state index is 11.7. The summed E-state index contributed by atoms with van der Waals surface area (Å²) in [5.41, 5.74) is -0.684. The molecule has 0 aromatic heterocycles. The normalized spacial score (nSPS) is 29.9. The van der Waals surface area contributed by atoms with Crippen LogP contribution >= 0.6 is 0 Å². The van der Waals surface area contributed by atoms with Gasteiger partial charge in [-0.05, 0) is 37.1 Å². The molecule has 0 bridgehead atoms. The molecule has 0 aromatic rings. The third-order valence-electron chi connectivity index (χ3n) is 3.98. The molecule has 1 aliphatic carbocycles. The largest absolute Gasteiger partial charge is 0.480 e. The van der Waals surface area contributed by atoms with Crippen molar-refractivity contribution in [3.63, 3.8) is 0 Å². The van der Waals surface area contributed by atoms with E-state index in [-0.39, 0.29) is 5.92 Å². The summed E-state index contributed by atoms with van der Waals surface area (Å²) in [6, 6.07) is 0. The number of rotatable bonds is 5. The SMILES string of the molecule is CC(C)CNC1(C(=O)O)CCCCC1C(C)C. The number of nitrogens with one attached hydrogen (secondary N) is 1. The Morgan fingerprint density at radius 2 is 2.00 bits per heavy atom. The highest BCUT2D eigenvalue weighted by molar-refractivity contribution is 5.79. The van der Waals surface area contributed by atoms with E-state index in [1.807, 2.05) is 0 Å². The number of hydrogen-bond acceptors (Lipinski definition) is 2. The molecule has 1 fully saturated rings. The van der Waals surface area contributed by atoms with Crippen molar-refractivity contribution in [2.75, 3.05) is 6.54 Å². The molecule has 100 valence electrons. The fraction of sp³-hybridized carbons (Fsp3) is 0.929. The van der Waals surface area contributed by atoms with Crippen LogP contribution in [-0.4, -0.2) is 23.2 Å². The molecule has 1 saturated carbocycles. The molecule has 0 spiro atoms. The molecule has 3 nitrogen and oxygen atoms in total. The predicted octanol–water partition coefficient (Wildman–Crippen LogP) is 2.90. The molecule has 3 heteroatoms. The Balaban J connectivity index is 2.88. The molecule has 17 heavy (non-hydrogen) atoms. The Bertz CT molecular complexity index is 263. The van der Waals surface area contributed by atoms with Crippen LogP contribution in [0.1, 0.15) is 53.4 Å². The lowest BCUT2D eigenvalue weighted by Gasteiger charge is -2.44. The number of carboxylic acid groups (broad SMARTS) is 1. The van der Waals surface area contributed by atoms with Crippen molar-refractivity contribution in [1.29, 1.82) is 0 Å². The van der Waals surface area contributed by atoms with Gasteiger partial charge in [0.25, 0.3) is 0 Å². The fourth-order valence-electron chi connectivity index (χ4n) is 3.05. The van der Waals surface area contributed by atoms with Crippen LogP contribution in [0.2, 0.25) is 0 Å². The van der Waals surface area contributed by atoms with Gasteiger partial charge in [-0.1, -0.05) is 40.5 Å². The Morgan fingerprint density at radius 3 is 2.47 bits per heavy atom. The second-order valence-corrected chi connectivity index (χ2v) is 6.15. The first-order valence-electron chi connectivity index (χ1n) is 6.88. The summed E-state index contributed by atoms with van der Waals surface area (Å²) in [5, 5.41) is 13.0. The predicted molar refractivity (Wildman–Crippen MR) is 70.0 cm³/mol. The van der Waals surface area contributed by atoms with E-state index in [0.717, 1.165) is 25.8 Å². The van der Waals surface area contributed by atoms with E-state index in [9.17, 15) is 9.90 Å². The maximum Gasteiger partial charge on any atom is 0.324 e. The number of carbonyl (C=O) groups is 1. The minimum Gasteiger partial charge on any atom is -0.480 e. The number of aliphatic carboxylic acids is 1. The van der Waals surface area contributed by atoms with E-state index in [4.69, 9.17) is 0 Å². The van der Waals surface area contributed by atoms with Gasteiger partial charge in [-0.3, -0.25) is 4.79 Å². The second kappa shape index (κ2) is 5.85. The fourth-order valence-corrected chi connectivity index (χ4v) is 3.05. The molecular weight excluding hydrogens is 214 g/mol. The minimum atomic E-state index is -0.684. The van der Waals surface area contributed by atoms with Crippen molar-refractivity contribution in [2.24, 2.45) is 17.8 Å². The van der Waals surface area contributed by atoms with Crippen LogP contribution < -0.4 is 5.32 Å². The van der Waals surface area contributed by atoms with Gasteiger partial charge in [0.2, 0.25) is 0 Å². The zero-order valence-electron chi connectivity index (χ0n) is 11.6. The molecule has 1 aliphatic rings. The van der Waals surface area contributed by atoms with E-state index in [1.54, 1.807) is 0 Å². The highest BCUT2D eigenvalue weighted by Gasteiger charge is 2.47. The van der Waals surface area contributed by atoms with Crippen LogP contribution in [0.3, 0.4) is 0 Å². The maximum atomic E-state index is 11.7. The standard InChI is InChI=1S/C14H27NO2/c1-10(2)9-15-14(13(16)17)8-6-5-7-12(14)11(3)4/h10-12,15H,5-9H2,1-4H3,(H,16,17). The third-order valence-corrected chi connectivity index (χ3v) is 3.98. The van der Waals surface area contributed by atoms with Crippen LogP contribution in [0.5, 0.6) is 0 Å². The van der Waals surface area contributed by atoms with Crippen molar-refractivity contribution in [3.05, 3.63) is 0 Å². The molecule has 0 saturated heterocycles. The average Bonchev–Trinajstić information content (AvgIpc) is 2.26. The van der Waals surface area contributed by atoms with E-state index in [2.05, 4.69) is 33.0 Å². The van der Waals surface area contributed by atoms with Crippen LogP contribution in [0.4, 0.5) is 0 Å². The van der Waals surface area contributed by atoms with E-state index in [1.165, 1.54) is 6.42 Å². The van der Waals surface area contributed by atoms with Crippen molar-refractivity contribution < 1.29 is 9.90 Å². The van der Waals surface area contributed by atoms with Crippen molar-refractivity contribution in [2.45, 2.75) is 58.9 Å². The van der Waals surface area contributed by atoms with E-state index in [0.29, 0.717) is 11.8 Å². The average molecular weight is 241 g/mol. The lowest BCUT2D eigenvalue weighted by Crippen LogP contribution is -2.60. The van der Waals surface area contributed by atoms with Crippen LogP contribution in [-0.2, 0) is 4.79 Å². The van der Waals surface area contributed by atoms with Crippen LogP contribution in [0.25, 0.3) is 0 Å². The summed E-state index contributed by atoms with van der Waals surface area (Å²) in [7, 11) is 0. The third kappa shape index (κ3) is 3.21. The number of carboxylic acids is 1. The lowest BCUT2D eigenvalue weighted by molar-refractivity contribution is -0.150. The van der Waals surface area contributed by atoms with Gasteiger partial charge < -0.3 is 10.4 Å². The Kier molecular flexibility index (Phi) is 4.99. The van der Waals surface area contributed by atoms with Gasteiger partial charge in [0.05, 0.1) is 0 Å². The molecule has 2 atom stereocenters.